The lowest BCUT2D eigenvalue weighted by Gasteiger charge is -2.42. The predicted molar refractivity (Wildman–Crippen MR) is 76.1 cm³/mol. The van der Waals surface area contributed by atoms with Crippen molar-refractivity contribution >= 4 is 6.03 Å². The van der Waals surface area contributed by atoms with E-state index in [4.69, 9.17) is 4.42 Å². The number of β-amino-alcohol motifs (C(OH)–C–C–N with tert-alkyl or cyclic N) is 1. The number of rotatable bonds is 2. The highest BCUT2D eigenvalue weighted by molar-refractivity contribution is 5.74. The molecule has 2 atom stereocenters. The Labute approximate surface area is 119 Å². The third-order valence-electron chi connectivity index (χ3n) is 3.98. The number of carbonyl (C=O) groups is 1. The Bertz CT molecular complexity index is 436. The molecule has 2 amide bonds. The lowest BCUT2D eigenvalue weighted by atomic mass is 9.74. The molecule has 2 N–H and O–H groups in total. The van der Waals surface area contributed by atoms with Crippen molar-refractivity contribution in [2.75, 3.05) is 13.1 Å². The molecule has 5 heteroatoms. The highest BCUT2D eigenvalue weighted by atomic mass is 16.3. The molecule has 0 aliphatic carbocycles. The Hall–Kier alpha value is -1.49. The molecule has 1 aliphatic rings. The molecular weight excluding hydrogens is 256 g/mol. The van der Waals surface area contributed by atoms with E-state index in [-0.39, 0.29) is 17.4 Å². The number of furan rings is 1. The van der Waals surface area contributed by atoms with Gasteiger partial charge < -0.3 is 19.7 Å². The maximum absolute atomic E-state index is 12.1. The Morgan fingerprint density at radius 1 is 1.55 bits per heavy atom. The molecule has 2 heterocycles. The summed E-state index contributed by atoms with van der Waals surface area (Å²) in [5.41, 5.74) is 0.0656. The molecule has 0 radical (unpaired) electrons. The van der Waals surface area contributed by atoms with Crippen molar-refractivity contribution in [3.05, 3.63) is 24.2 Å². The predicted octanol–water partition coefficient (Wildman–Crippen LogP) is 2.22. The zero-order chi connectivity index (χ0) is 14.8. The maximum Gasteiger partial charge on any atom is 0.317 e. The van der Waals surface area contributed by atoms with Crippen molar-refractivity contribution in [2.45, 2.75) is 39.8 Å². The molecule has 2 unspecified atom stereocenters. The average Bonchev–Trinajstić information content (AvgIpc) is 2.87. The highest BCUT2D eigenvalue weighted by Gasteiger charge is 2.36. The van der Waals surface area contributed by atoms with E-state index in [0.29, 0.717) is 19.6 Å². The molecule has 20 heavy (non-hydrogen) atoms. The van der Waals surface area contributed by atoms with E-state index in [2.05, 4.69) is 26.1 Å². The second-order valence-corrected chi connectivity index (χ2v) is 6.51. The molecule has 1 aliphatic heterocycles. The number of nitrogens with one attached hydrogen (secondary N) is 1. The molecular formula is C15H24N2O3. The second kappa shape index (κ2) is 5.87. The van der Waals surface area contributed by atoms with Crippen LogP contribution in [0, 0.1) is 11.3 Å². The van der Waals surface area contributed by atoms with E-state index in [1.807, 2.05) is 6.07 Å². The van der Waals surface area contributed by atoms with E-state index in [1.54, 1.807) is 17.2 Å². The summed E-state index contributed by atoms with van der Waals surface area (Å²) in [5, 5.41) is 13.0. The van der Waals surface area contributed by atoms with Crippen LogP contribution in [0.2, 0.25) is 0 Å². The van der Waals surface area contributed by atoms with Crippen LogP contribution in [0.15, 0.2) is 22.8 Å². The summed E-state index contributed by atoms with van der Waals surface area (Å²) >= 11 is 0. The summed E-state index contributed by atoms with van der Waals surface area (Å²) in [7, 11) is 0. The molecule has 1 aromatic rings. The molecule has 0 saturated carbocycles. The summed E-state index contributed by atoms with van der Waals surface area (Å²) in [6.45, 7) is 7.85. The van der Waals surface area contributed by atoms with Crippen molar-refractivity contribution in [1.29, 1.82) is 0 Å². The largest absolute Gasteiger partial charge is 0.467 e. The first kappa shape index (κ1) is 14.9. The lowest BCUT2D eigenvalue weighted by molar-refractivity contribution is -0.0124. The van der Waals surface area contributed by atoms with Gasteiger partial charge in [0.15, 0.2) is 0 Å². The van der Waals surface area contributed by atoms with Crippen LogP contribution >= 0.6 is 0 Å². The summed E-state index contributed by atoms with van der Waals surface area (Å²) in [5.74, 6) is 0.958. The molecule has 0 spiro atoms. The number of likely N-dealkylation sites (tertiary alicyclic amines) is 1. The summed E-state index contributed by atoms with van der Waals surface area (Å²) in [4.78, 5) is 13.7. The van der Waals surface area contributed by atoms with E-state index < -0.39 is 6.10 Å². The van der Waals surface area contributed by atoms with Gasteiger partial charge in [-0.2, -0.15) is 0 Å². The van der Waals surface area contributed by atoms with Crippen LogP contribution < -0.4 is 5.32 Å². The van der Waals surface area contributed by atoms with Gasteiger partial charge in [-0.05, 0) is 29.9 Å². The number of hydrogen-bond acceptors (Lipinski definition) is 3. The fraction of sp³-hybridized carbons (Fsp3) is 0.667. The summed E-state index contributed by atoms with van der Waals surface area (Å²) in [6, 6.07) is 3.47. The van der Waals surface area contributed by atoms with E-state index in [9.17, 15) is 9.90 Å². The van der Waals surface area contributed by atoms with Gasteiger partial charge in [0.25, 0.3) is 0 Å². The zero-order valence-corrected chi connectivity index (χ0v) is 12.4. The molecule has 0 bridgehead atoms. The van der Waals surface area contributed by atoms with Gasteiger partial charge in [0.05, 0.1) is 18.9 Å². The fourth-order valence-corrected chi connectivity index (χ4v) is 2.81. The van der Waals surface area contributed by atoms with Gasteiger partial charge in [0, 0.05) is 13.1 Å². The van der Waals surface area contributed by atoms with Gasteiger partial charge in [-0.1, -0.05) is 20.8 Å². The van der Waals surface area contributed by atoms with Crippen molar-refractivity contribution in [2.24, 2.45) is 11.3 Å². The Morgan fingerprint density at radius 3 is 2.85 bits per heavy atom. The van der Waals surface area contributed by atoms with E-state index in [0.717, 1.165) is 12.2 Å². The first-order chi connectivity index (χ1) is 9.38. The quantitative estimate of drug-likeness (QED) is 0.873. The molecule has 5 nitrogen and oxygen atoms in total. The standard InChI is InChI=1S/C15H24N2O3/c1-15(2,3)12-6-7-17(10-13(12)18)14(19)16-9-11-5-4-8-20-11/h4-5,8,12-13,18H,6-7,9-10H2,1-3H3,(H,16,19). The molecule has 1 saturated heterocycles. The highest BCUT2D eigenvalue weighted by Crippen LogP contribution is 2.34. The van der Waals surface area contributed by atoms with Crippen LogP contribution in [0.4, 0.5) is 4.79 Å². The fourth-order valence-electron chi connectivity index (χ4n) is 2.81. The Balaban J connectivity index is 1.84. The summed E-state index contributed by atoms with van der Waals surface area (Å²) in [6.07, 6.45) is 1.96. The van der Waals surface area contributed by atoms with Gasteiger partial charge in [-0.15, -0.1) is 0 Å². The third-order valence-corrected chi connectivity index (χ3v) is 3.98. The van der Waals surface area contributed by atoms with Gasteiger partial charge in [-0.25, -0.2) is 4.79 Å². The second-order valence-electron chi connectivity index (χ2n) is 6.51. The van der Waals surface area contributed by atoms with Gasteiger partial charge >= 0.3 is 6.03 Å². The Morgan fingerprint density at radius 2 is 2.30 bits per heavy atom. The average molecular weight is 280 g/mol. The minimum Gasteiger partial charge on any atom is -0.467 e. The normalized spacial score (nSPS) is 23.7. The summed E-state index contributed by atoms with van der Waals surface area (Å²) < 4.78 is 5.17. The van der Waals surface area contributed by atoms with Crippen molar-refractivity contribution in [3.8, 4) is 0 Å². The first-order valence-electron chi connectivity index (χ1n) is 7.11. The minimum absolute atomic E-state index is 0.0656. The number of hydrogen-bond donors (Lipinski definition) is 2. The SMILES string of the molecule is CC(C)(C)C1CCN(C(=O)NCc2ccco2)CC1O. The lowest BCUT2D eigenvalue weighted by Crippen LogP contribution is -2.52. The van der Waals surface area contributed by atoms with Crippen LogP contribution in [0.5, 0.6) is 0 Å². The molecule has 2 rings (SSSR count). The molecule has 0 aromatic carbocycles. The monoisotopic (exact) mass is 280 g/mol. The minimum atomic E-state index is -0.460. The van der Waals surface area contributed by atoms with Crippen LogP contribution in [-0.2, 0) is 6.54 Å². The first-order valence-corrected chi connectivity index (χ1v) is 7.11. The topological polar surface area (TPSA) is 65.7 Å². The van der Waals surface area contributed by atoms with Gasteiger partial charge in [-0.3, -0.25) is 0 Å². The van der Waals surface area contributed by atoms with Crippen LogP contribution in [0.3, 0.4) is 0 Å². The maximum atomic E-state index is 12.1. The molecule has 1 aromatic heterocycles. The Kier molecular flexibility index (Phi) is 4.38. The third kappa shape index (κ3) is 3.54. The van der Waals surface area contributed by atoms with Gasteiger partial charge in [0.2, 0.25) is 0 Å². The van der Waals surface area contributed by atoms with Crippen LogP contribution in [0.25, 0.3) is 0 Å². The number of urea groups is 1. The van der Waals surface area contributed by atoms with Crippen molar-refractivity contribution in [1.82, 2.24) is 10.2 Å². The van der Waals surface area contributed by atoms with Crippen LogP contribution in [-0.4, -0.2) is 35.2 Å². The van der Waals surface area contributed by atoms with Crippen LogP contribution in [0.1, 0.15) is 33.0 Å². The van der Waals surface area contributed by atoms with Crippen molar-refractivity contribution in [3.63, 3.8) is 0 Å². The van der Waals surface area contributed by atoms with E-state index >= 15 is 0 Å². The number of nitrogens with zero attached hydrogens (tertiary/aromatic N) is 1. The van der Waals surface area contributed by atoms with E-state index in [1.165, 1.54) is 0 Å². The number of aliphatic hydroxyl groups is 1. The van der Waals surface area contributed by atoms with Crippen molar-refractivity contribution < 1.29 is 14.3 Å². The zero-order valence-electron chi connectivity index (χ0n) is 12.4. The number of amides is 2. The number of piperidine rings is 1. The number of aliphatic hydroxyl groups excluding tert-OH is 1. The molecule has 1 fully saturated rings. The molecule has 112 valence electrons. The smallest absolute Gasteiger partial charge is 0.317 e. The number of carbonyl (C=O) groups excluding carboxylic acids is 1. The van der Waals surface area contributed by atoms with Gasteiger partial charge in [0.1, 0.15) is 5.76 Å².